The summed E-state index contributed by atoms with van der Waals surface area (Å²) in [5, 5.41) is 39.3. The van der Waals surface area contributed by atoms with Gasteiger partial charge in [0.05, 0.1) is 41.6 Å². The Bertz CT molecular complexity index is 2230. The van der Waals surface area contributed by atoms with Crippen LogP contribution in [0, 0.1) is 111 Å². The lowest BCUT2D eigenvalue weighted by molar-refractivity contribution is 0.302. The van der Waals surface area contributed by atoms with Crippen LogP contribution < -0.4 is 0 Å². The molecule has 0 bridgehead atoms. The number of hydrogen-bond donors (Lipinski definition) is 2. The highest BCUT2D eigenvalue weighted by Crippen LogP contribution is 2.01. The first kappa shape index (κ1) is 70.1. The van der Waals surface area contributed by atoms with Crippen LogP contribution in [0.3, 0.4) is 0 Å². The summed E-state index contributed by atoms with van der Waals surface area (Å²) < 4.78 is 34.2. The first-order valence-electron chi connectivity index (χ1n) is 22.8. The topological polar surface area (TPSA) is 341 Å². The number of aromatic amines is 2. The molecule has 73 heavy (non-hydrogen) atoms. The van der Waals surface area contributed by atoms with Crippen molar-refractivity contribution in [1.29, 1.82) is 0 Å². The van der Waals surface area contributed by atoms with Crippen LogP contribution in [-0.4, -0.2) is 117 Å². The van der Waals surface area contributed by atoms with Crippen molar-refractivity contribution in [3.05, 3.63) is 104 Å². The summed E-state index contributed by atoms with van der Waals surface area (Å²) in [5.74, 6) is 7.38. The largest absolute Gasteiger partial charge is 0.426 e. The van der Waals surface area contributed by atoms with Gasteiger partial charge in [0, 0.05) is 33.9 Å². The molecular formula is C44H76N22O4S3. The summed E-state index contributed by atoms with van der Waals surface area (Å²) in [5.41, 5.74) is 4.74. The van der Waals surface area contributed by atoms with Gasteiger partial charge in [-0.05, 0) is 113 Å². The third-order valence-electron chi connectivity index (χ3n) is 6.65. The number of amidine groups is 1. The van der Waals surface area contributed by atoms with E-state index in [0.29, 0.717) is 35.2 Å². The molecule has 10 heterocycles. The van der Waals surface area contributed by atoms with Gasteiger partial charge < -0.3 is 13.5 Å². The highest BCUT2D eigenvalue weighted by Gasteiger charge is 1.95. The second-order valence-corrected chi connectivity index (χ2v) is 15.5. The number of aliphatic imine (C=N–C) groups is 2. The lowest BCUT2D eigenvalue weighted by Gasteiger charge is -1.75. The molecule has 29 heteroatoms. The van der Waals surface area contributed by atoms with Gasteiger partial charge in [0.25, 0.3) is 0 Å². The highest BCUT2D eigenvalue weighted by molar-refractivity contribution is 7.05. The van der Waals surface area contributed by atoms with Crippen LogP contribution in [0.4, 0.5) is 0 Å². The zero-order valence-electron chi connectivity index (χ0n) is 46.7. The molecule has 0 radical (unpaired) electrons. The molecule has 0 atom stereocenters. The molecule has 0 aromatic carbocycles. The first-order chi connectivity index (χ1) is 34.7. The van der Waals surface area contributed by atoms with E-state index < -0.39 is 0 Å². The Labute approximate surface area is 441 Å². The molecule has 0 amide bonds. The molecule has 404 valence electrons. The predicted molar refractivity (Wildman–Crippen MR) is 286 cm³/mol. The van der Waals surface area contributed by atoms with Crippen molar-refractivity contribution in [2.24, 2.45) is 9.98 Å². The number of aryl methyl sites for hydroxylation is 16. The quantitative estimate of drug-likeness (QED) is 0.142. The van der Waals surface area contributed by atoms with Gasteiger partial charge in [0.2, 0.25) is 23.6 Å². The Balaban J connectivity index is -0.000000737. The van der Waals surface area contributed by atoms with E-state index in [-0.39, 0.29) is 0 Å². The van der Waals surface area contributed by atoms with Crippen molar-refractivity contribution in [1.82, 2.24) is 98.8 Å². The van der Waals surface area contributed by atoms with Crippen molar-refractivity contribution >= 4 is 46.8 Å². The van der Waals surface area contributed by atoms with E-state index in [2.05, 4.69) is 123 Å². The molecule has 0 spiro atoms. The third kappa shape index (κ3) is 41.2. The van der Waals surface area contributed by atoms with Crippen molar-refractivity contribution in [2.45, 2.75) is 159 Å². The molecule has 9 aromatic rings. The Kier molecular flexibility index (Phi) is 43.0. The van der Waals surface area contributed by atoms with Crippen molar-refractivity contribution in [3.63, 3.8) is 0 Å². The van der Waals surface area contributed by atoms with Gasteiger partial charge in [-0.1, -0.05) is 62.2 Å². The number of hydrogen-bond acceptors (Lipinski definition) is 27. The predicted octanol–water partition coefficient (Wildman–Crippen LogP) is 10.0. The molecule has 9 aromatic heterocycles. The maximum absolute atomic E-state index is 4.86. The van der Waals surface area contributed by atoms with Crippen LogP contribution in [0.5, 0.6) is 0 Å². The fourth-order valence-corrected chi connectivity index (χ4v) is 4.97. The fraction of sp³-hybridized carbons (Fsp3) is 0.545. The summed E-state index contributed by atoms with van der Waals surface area (Å²) in [4.78, 5) is 27.2. The number of nitrogens with one attached hydrogen (secondary N) is 2. The van der Waals surface area contributed by atoms with Crippen molar-refractivity contribution in [2.75, 3.05) is 6.54 Å². The molecule has 2 N–H and O–H groups in total. The molecule has 1 aliphatic heterocycles. The van der Waals surface area contributed by atoms with Crippen LogP contribution in [-0.2, 0) is 0 Å². The van der Waals surface area contributed by atoms with Gasteiger partial charge in [-0.15, -0.1) is 10.2 Å². The molecule has 0 saturated heterocycles. The maximum Gasteiger partial charge on any atom is 0.223 e. The number of aromatic nitrogens is 20. The SMILES string of the molecule is CC.CC.CC.CC1=NCC=N1.Cc1cn[nH]n1.Cc1ncn[nH]1.Cc1nnc(C)o1.Cc1noc(C)n1.Cc1noc(C)n1.Cc1nonc1C.Cc1nsc(C)n1.Cc1nsc(C)n1.Cc1nsnc1C. The van der Waals surface area contributed by atoms with Gasteiger partial charge in [-0.25, -0.2) is 24.6 Å². The van der Waals surface area contributed by atoms with Gasteiger partial charge in [0.15, 0.2) is 11.6 Å². The summed E-state index contributed by atoms with van der Waals surface area (Å²) in [6.45, 7) is 44.3. The Morgan fingerprint density at radius 1 is 0.507 bits per heavy atom. The van der Waals surface area contributed by atoms with Crippen LogP contribution in [0.15, 0.2) is 40.6 Å². The van der Waals surface area contributed by atoms with E-state index in [1.165, 1.54) is 41.1 Å². The van der Waals surface area contributed by atoms with E-state index in [0.717, 1.165) is 68.3 Å². The van der Waals surface area contributed by atoms with E-state index >= 15 is 0 Å². The third-order valence-corrected chi connectivity index (χ3v) is 8.79. The van der Waals surface area contributed by atoms with Crippen molar-refractivity contribution < 1.29 is 18.1 Å². The average Bonchev–Trinajstić information content (AvgIpc) is 4.20. The summed E-state index contributed by atoms with van der Waals surface area (Å²) >= 11 is 4.15. The smallest absolute Gasteiger partial charge is 0.223 e. The molecule has 0 fully saturated rings. The Morgan fingerprint density at radius 3 is 1.08 bits per heavy atom. The van der Waals surface area contributed by atoms with E-state index in [1.54, 1.807) is 54.0 Å². The zero-order chi connectivity index (χ0) is 56.1. The first-order valence-corrected chi connectivity index (χ1v) is 25.0. The van der Waals surface area contributed by atoms with Crippen LogP contribution >= 0.6 is 34.8 Å². The fourth-order valence-electron chi connectivity index (χ4n) is 3.46. The lowest BCUT2D eigenvalue weighted by atomic mass is 10.4. The maximum atomic E-state index is 4.86. The summed E-state index contributed by atoms with van der Waals surface area (Å²) in [6.07, 6.45) is 4.95. The van der Waals surface area contributed by atoms with Crippen LogP contribution in [0.1, 0.15) is 140 Å². The molecule has 0 unspecified atom stereocenters. The van der Waals surface area contributed by atoms with Crippen molar-refractivity contribution in [3.8, 4) is 0 Å². The monoisotopic (exact) mass is 1070 g/mol. The number of nitrogens with zero attached hydrogens (tertiary/aromatic N) is 20. The minimum Gasteiger partial charge on any atom is -0.426 e. The second kappa shape index (κ2) is 44.8. The zero-order valence-corrected chi connectivity index (χ0v) is 49.2. The standard InChI is InChI=1S/4C4H6N2O.3C4H6N2S.C4H6N2.2C3H5N3.3C2H6/c1-3-5-6-4(2)7-3;2*1-3-5-4(2)7-6-3;1-3-4(2)6-7-5-3;2*1-3-5-4(2)7-6-3;1-3-4(2)6-7-5-3;1-4-5-2-3-6-4;1-3-4-2-5-6-3;1-3-2-4-6-5-3;3*1-2/h7*1-2H3;2H,3H2,1H3;2*2H,1H3,(H,4,5,6);3*1-2H3. The molecule has 0 aliphatic carbocycles. The Morgan fingerprint density at radius 2 is 0.973 bits per heavy atom. The molecule has 10 rings (SSSR count). The molecule has 0 saturated carbocycles. The lowest BCUT2D eigenvalue weighted by Crippen LogP contribution is -1.73. The second-order valence-electron chi connectivity index (χ2n) is 13.0. The minimum absolute atomic E-state index is 0.623. The normalized spacial score (nSPS) is 9.55. The van der Waals surface area contributed by atoms with E-state index in [9.17, 15) is 0 Å². The highest BCUT2D eigenvalue weighted by atomic mass is 32.1. The van der Waals surface area contributed by atoms with Crippen LogP contribution in [0.25, 0.3) is 0 Å². The minimum atomic E-state index is 0.623. The Hall–Kier alpha value is -7.14. The molecular weight excluding hydrogens is 997 g/mol. The molecule has 1 aliphatic rings. The molecule has 26 nitrogen and oxygen atoms in total. The van der Waals surface area contributed by atoms with Gasteiger partial charge in [-0.2, -0.15) is 48.0 Å². The van der Waals surface area contributed by atoms with Gasteiger partial charge >= 0.3 is 0 Å². The van der Waals surface area contributed by atoms with Gasteiger partial charge in [-0.3, -0.25) is 10.1 Å². The van der Waals surface area contributed by atoms with Crippen LogP contribution in [0.2, 0.25) is 0 Å². The van der Waals surface area contributed by atoms with E-state index in [1.807, 2.05) is 118 Å². The summed E-state index contributed by atoms with van der Waals surface area (Å²) in [7, 11) is 0. The van der Waals surface area contributed by atoms with E-state index in [4.69, 9.17) is 4.42 Å². The van der Waals surface area contributed by atoms with Gasteiger partial charge in [0.1, 0.15) is 51.0 Å². The number of H-pyrrole nitrogens is 2. The average molecular weight is 1070 g/mol. The summed E-state index contributed by atoms with van der Waals surface area (Å²) in [6, 6.07) is 0. The number of rotatable bonds is 0.